The molecule has 0 bridgehead atoms. The molecule has 0 aliphatic carbocycles. The summed E-state index contributed by atoms with van der Waals surface area (Å²) in [4.78, 5) is 0. The first-order chi connectivity index (χ1) is 9.13. The molecule has 0 radical (unpaired) electrons. The van der Waals surface area contributed by atoms with Gasteiger partial charge in [0.1, 0.15) is 0 Å². The number of methoxy groups -OCH3 is 1. The van der Waals surface area contributed by atoms with Crippen LogP contribution in [-0.2, 0) is 11.2 Å². The fourth-order valence-corrected chi connectivity index (χ4v) is 2.07. The molecule has 0 saturated heterocycles. The molecule has 0 aliphatic heterocycles. The second-order valence-corrected chi connectivity index (χ2v) is 4.48. The molecule has 0 spiro atoms. The number of rotatable bonds is 4. The molecule has 0 heterocycles. The maximum absolute atomic E-state index is 6.07. The fraction of sp³-hybridized carbons (Fsp3) is 0.200. The summed E-state index contributed by atoms with van der Waals surface area (Å²) in [6.07, 6.45) is 0.792. The van der Waals surface area contributed by atoms with Crippen molar-refractivity contribution in [2.24, 2.45) is 0 Å². The number of nitrogens with two attached hydrogens (primary N) is 3. The maximum atomic E-state index is 6.07. The SMILES string of the molecule is COCCc1cc(N)c(N)c(-c2ccccc2N)c1. The van der Waals surface area contributed by atoms with E-state index in [1.165, 1.54) is 0 Å². The van der Waals surface area contributed by atoms with Crippen LogP contribution >= 0.6 is 0 Å². The number of hydrogen-bond acceptors (Lipinski definition) is 4. The van der Waals surface area contributed by atoms with Crippen molar-refractivity contribution in [2.45, 2.75) is 6.42 Å². The highest BCUT2D eigenvalue weighted by Crippen LogP contribution is 2.35. The van der Waals surface area contributed by atoms with Crippen molar-refractivity contribution >= 4 is 17.1 Å². The molecule has 0 atom stereocenters. The van der Waals surface area contributed by atoms with Crippen LogP contribution < -0.4 is 17.2 Å². The Morgan fingerprint density at radius 3 is 2.37 bits per heavy atom. The highest BCUT2D eigenvalue weighted by Gasteiger charge is 2.10. The van der Waals surface area contributed by atoms with E-state index in [-0.39, 0.29) is 0 Å². The predicted octanol–water partition coefficient (Wildman–Crippen LogP) is 2.29. The van der Waals surface area contributed by atoms with Crippen LogP contribution in [-0.4, -0.2) is 13.7 Å². The van der Waals surface area contributed by atoms with Crippen LogP contribution in [0.1, 0.15) is 5.56 Å². The molecule has 2 aromatic rings. The first kappa shape index (κ1) is 13.2. The topological polar surface area (TPSA) is 87.3 Å². The van der Waals surface area contributed by atoms with Gasteiger partial charge in [-0.15, -0.1) is 0 Å². The van der Waals surface area contributed by atoms with Gasteiger partial charge in [0.25, 0.3) is 0 Å². The highest BCUT2D eigenvalue weighted by atomic mass is 16.5. The van der Waals surface area contributed by atoms with Gasteiger partial charge in [0.05, 0.1) is 18.0 Å². The molecule has 0 saturated carbocycles. The van der Waals surface area contributed by atoms with Gasteiger partial charge in [-0.2, -0.15) is 0 Å². The fourth-order valence-electron chi connectivity index (χ4n) is 2.07. The normalized spacial score (nSPS) is 10.6. The molecule has 0 aromatic heterocycles. The Morgan fingerprint density at radius 2 is 1.68 bits per heavy atom. The molecule has 4 nitrogen and oxygen atoms in total. The average molecular weight is 257 g/mol. The molecule has 4 heteroatoms. The van der Waals surface area contributed by atoms with Crippen molar-refractivity contribution in [3.8, 4) is 11.1 Å². The zero-order valence-corrected chi connectivity index (χ0v) is 11.0. The van der Waals surface area contributed by atoms with E-state index < -0.39 is 0 Å². The zero-order valence-electron chi connectivity index (χ0n) is 11.0. The summed E-state index contributed by atoms with van der Waals surface area (Å²) in [7, 11) is 1.68. The molecule has 2 aromatic carbocycles. The Morgan fingerprint density at radius 1 is 0.947 bits per heavy atom. The van der Waals surface area contributed by atoms with Crippen molar-refractivity contribution in [3.05, 3.63) is 42.0 Å². The molecule has 0 amide bonds. The second-order valence-electron chi connectivity index (χ2n) is 4.48. The standard InChI is InChI=1S/C15H19N3O/c1-19-7-6-10-8-12(15(18)14(17)9-10)11-4-2-3-5-13(11)16/h2-5,8-9H,6-7,16-18H2,1H3. The minimum atomic E-state index is 0.569. The van der Waals surface area contributed by atoms with Crippen LogP contribution in [0.2, 0.25) is 0 Å². The summed E-state index contributed by atoms with van der Waals surface area (Å²) < 4.78 is 5.09. The summed E-state index contributed by atoms with van der Waals surface area (Å²) in [5.41, 5.74) is 22.8. The van der Waals surface area contributed by atoms with E-state index in [4.69, 9.17) is 21.9 Å². The van der Waals surface area contributed by atoms with Gasteiger partial charge in [0.15, 0.2) is 0 Å². The Hall–Kier alpha value is -2.20. The molecular formula is C15H19N3O. The van der Waals surface area contributed by atoms with Gasteiger partial charge in [-0.1, -0.05) is 18.2 Å². The molecule has 6 N–H and O–H groups in total. The van der Waals surface area contributed by atoms with Gasteiger partial charge in [0.2, 0.25) is 0 Å². The van der Waals surface area contributed by atoms with Crippen molar-refractivity contribution in [3.63, 3.8) is 0 Å². The quantitative estimate of drug-likeness (QED) is 0.733. The van der Waals surface area contributed by atoms with Crippen LogP contribution in [0.25, 0.3) is 11.1 Å². The van der Waals surface area contributed by atoms with Crippen molar-refractivity contribution < 1.29 is 4.74 Å². The number of nitrogen functional groups attached to an aromatic ring is 3. The molecule has 0 aliphatic rings. The van der Waals surface area contributed by atoms with Crippen LogP contribution in [0.3, 0.4) is 0 Å². The van der Waals surface area contributed by atoms with Crippen molar-refractivity contribution in [1.82, 2.24) is 0 Å². The Balaban J connectivity index is 2.50. The van der Waals surface area contributed by atoms with Crippen LogP contribution in [0.15, 0.2) is 36.4 Å². The van der Waals surface area contributed by atoms with E-state index >= 15 is 0 Å². The van der Waals surface area contributed by atoms with Gasteiger partial charge in [-0.3, -0.25) is 0 Å². The average Bonchev–Trinajstić information content (AvgIpc) is 2.41. The predicted molar refractivity (Wildman–Crippen MR) is 80.7 cm³/mol. The van der Waals surface area contributed by atoms with Crippen LogP contribution in [0, 0.1) is 0 Å². The summed E-state index contributed by atoms with van der Waals surface area (Å²) in [5, 5.41) is 0. The molecule has 100 valence electrons. The van der Waals surface area contributed by atoms with E-state index in [0.29, 0.717) is 23.7 Å². The number of anilines is 3. The van der Waals surface area contributed by atoms with Crippen LogP contribution in [0.5, 0.6) is 0 Å². The minimum absolute atomic E-state index is 0.569. The molecule has 2 rings (SSSR count). The lowest BCUT2D eigenvalue weighted by molar-refractivity contribution is 0.202. The maximum Gasteiger partial charge on any atom is 0.0628 e. The largest absolute Gasteiger partial charge is 0.398 e. The third kappa shape index (κ3) is 2.80. The summed E-state index contributed by atoms with van der Waals surface area (Å²) >= 11 is 0. The van der Waals surface area contributed by atoms with Gasteiger partial charge in [0, 0.05) is 23.9 Å². The third-order valence-corrected chi connectivity index (χ3v) is 3.12. The van der Waals surface area contributed by atoms with Crippen LogP contribution in [0.4, 0.5) is 17.1 Å². The molecule has 0 unspecified atom stereocenters. The second kappa shape index (κ2) is 5.63. The van der Waals surface area contributed by atoms with E-state index in [9.17, 15) is 0 Å². The van der Waals surface area contributed by atoms with Gasteiger partial charge >= 0.3 is 0 Å². The van der Waals surface area contributed by atoms with Crippen molar-refractivity contribution in [2.75, 3.05) is 30.9 Å². The van der Waals surface area contributed by atoms with Gasteiger partial charge < -0.3 is 21.9 Å². The highest BCUT2D eigenvalue weighted by molar-refractivity contribution is 5.89. The number of ether oxygens (including phenoxy) is 1. The third-order valence-electron chi connectivity index (χ3n) is 3.12. The zero-order chi connectivity index (χ0) is 13.8. The van der Waals surface area contributed by atoms with E-state index in [0.717, 1.165) is 23.1 Å². The molecule has 19 heavy (non-hydrogen) atoms. The lowest BCUT2D eigenvalue weighted by Crippen LogP contribution is -2.02. The summed E-state index contributed by atoms with van der Waals surface area (Å²) in [6.45, 7) is 0.646. The monoisotopic (exact) mass is 257 g/mol. The van der Waals surface area contributed by atoms with E-state index in [2.05, 4.69) is 0 Å². The van der Waals surface area contributed by atoms with E-state index in [1.54, 1.807) is 7.11 Å². The first-order valence-electron chi connectivity index (χ1n) is 6.15. The number of hydrogen-bond donors (Lipinski definition) is 3. The lowest BCUT2D eigenvalue weighted by atomic mass is 9.97. The summed E-state index contributed by atoms with van der Waals surface area (Å²) in [6, 6.07) is 11.5. The Kier molecular flexibility index (Phi) is 3.92. The number of para-hydroxylation sites is 1. The Labute approximate surface area is 113 Å². The number of benzene rings is 2. The Bertz CT molecular complexity index is 582. The summed E-state index contributed by atoms with van der Waals surface area (Å²) in [5.74, 6) is 0. The smallest absolute Gasteiger partial charge is 0.0628 e. The van der Waals surface area contributed by atoms with Gasteiger partial charge in [-0.05, 0) is 30.2 Å². The minimum Gasteiger partial charge on any atom is -0.398 e. The van der Waals surface area contributed by atoms with E-state index in [1.807, 2.05) is 36.4 Å². The lowest BCUT2D eigenvalue weighted by Gasteiger charge is -2.13. The molecular weight excluding hydrogens is 238 g/mol. The van der Waals surface area contributed by atoms with Gasteiger partial charge in [-0.25, -0.2) is 0 Å². The van der Waals surface area contributed by atoms with Crippen molar-refractivity contribution in [1.29, 1.82) is 0 Å². The molecule has 0 fully saturated rings. The first-order valence-corrected chi connectivity index (χ1v) is 6.15.